The number of aromatic nitrogens is 1. The van der Waals surface area contributed by atoms with Crippen LogP contribution in [-0.4, -0.2) is 17.6 Å². The van der Waals surface area contributed by atoms with Crippen LogP contribution < -0.4 is 0 Å². The van der Waals surface area contributed by atoms with Gasteiger partial charge in [0.05, 0.1) is 17.9 Å². The number of carbonyl (C=O) groups is 1. The fraction of sp³-hybridized carbons (Fsp3) is 0.667. The Hall–Kier alpha value is -1.38. The van der Waals surface area contributed by atoms with Crippen LogP contribution in [0.5, 0.6) is 0 Å². The molecule has 1 aromatic heterocycles. The molecule has 2 rings (SSSR count). The van der Waals surface area contributed by atoms with Crippen molar-refractivity contribution in [2.24, 2.45) is 0 Å². The van der Waals surface area contributed by atoms with Gasteiger partial charge >= 0.3 is 5.97 Å². The van der Waals surface area contributed by atoms with E-state index in [1.807, 2.05) is 13.0 Å². The van der Waals surface area contributed by atoms with Crippen molar-refractivity contribution in [3.05, 3.63) is 28.6 Å². The lowest BCUT2D eigenvalue weighted by Crippen LogP contribution is -2.24. The molecule has 0 N–H and O–H groups in total. The molecule has 1 aliphatic rings. The van der Waals surface area contributed by atoms with E-state index in [1.165, 1.54) is 24.1 Å². The Bertz CT molecular complexity index is 529. The maximum Gasteiger partial charge on any atom is 0.340 e. The first-order valence-corrected chi connectivity index (χ1v) is 8.09. The topological polar surface area (TPSA) is 39.2 Å². The Morgan fingerprint density at radius 3 is 2.67 bits per heavy atom. The molecular formula is C18H27NO2. The average molecular weight is 289 g/mol. The molecule has 0 aromatic carbocycles. The lowest BCUT2D eigenvalue weighted by molar-refractivity contribution is 0.0522. The van der Waals surface area contributed by atoms with Crippen molar-refractivity contribution in [2.45, 2.75) is 71.6 Å². The zero-order valence-electron chi connectivity index (χ0n) is 14.0. The Balaban J connectivity index is 2.57. The smallest absolute Gasteiger partial charge is 0.340 e. The number of nitrogens with zero attached hydrogens (tertiary/aromatic N) is 1. The summed E-state index contributed by atoms with van der Waals surface area (Å²) in [6.07, 6.45) is 4.53. The molecule has 0 spiro atoms. The molecule has 0 radical (unpaired) electrons. The molecule has 1 heterocycles. The second-order valence-corrected chi connectivity index (χ2v) is 6.90. The second kappa shape index (κ2) is 6.17. The summed E-state index contributed by atoms with van der Waals surface area (Å²) >= 11 is 0. The quantitative estimate of drug-likeness (QED) is 0.775. The van der Waals surface area contributed by atoms with Crippen LogP contribution in [0.1, 0.15) is 87.1 Å². The van der Waals surface area contributed by atoms with Crippen molar-refractivity contribution in [2.75, 3.05) is 6.61 Å². The standard InChI is InChI=1S/C18H27NO2/c1-6-12-9-8-10-13-11-14(17(20)21-7-2)16(18(3,4)5)19-15(12)13/h11-12H,6-10H2,1-5H3. The number of rotatable bonds is 3. The minimum Gasteiger partial charge on any atom is -0.462 e. The first kappa shape index (κ1) is 16.0. The minimum atomic E-state index is -0.239. The average Bonchev–Trinajstić information content (AvgIpc) is 2.44. The lowest BCUT2D eigenvalue weighted by atomic mass is 9.81. The van der Waals surface area contributed by atoms with Crippen molar-refractivity contribution in [3.8, 4) is 0 Å². The third kappa shape index (κ3) is 3.28. The van der Waals surface area contributed by atoms with Crippen LogP contribution >= 0.6 is 0 Å². The normalized spacial score (nSPS) is 18.2. The maximum absolute atomic E-state index is 12.3. The Labute approximate surface area is 128 Å². The summed E-state index contributed by atoms with van der Waals surface area (Å²) in [7, 11) is 0. The first-order chi connectivity index (χ1) is 9.88. The molecular weight excluding hydrogens is 262 g/mol. The van der Waals surface area contributed by atoms with Gasteiger partial charge in [0.15, 0.2) is 0 Å². The zero-order valence-corrected chi connectivity index (χ0v) is 14.0. The number of ether oxygens (including phenoxy) is 1. The van der Waals surface area contributed by atoms with Crippen molar-refractivity contribution in [1.29, 1.82) is 0 Å². The van der Waals surface area contributed by atoms with Crippen LogP contribution in [-0.2, 0) is 16.6 Å². The van der Waals surface area contributed by atoms with Crippen molar-refractivity contribution >= 4 is 5.97 Å². The summed E-state index contributed by atoms with van der Waals surface area (Å²) in [6.45, 7) is 10.8. The highest BCUT2D eigenvalue weighted by molar-refractivity contribution is 5.91. The van der Waals surface area contributed by atoms with Crippen LogP contribution in [0.3, 0.4) is 0 Å². The van der Waals surface area contributed by atoms with Gasteiger partial charge in [-0.15, -0.1) is 0 Å². The monoisotopic (exact) mass is 289 g/mol. The van der Waals surface area contributed by atoms with Crippen LogP contribution in [0.4, 0.5) is 0 Å². The zero-order chi connectivity index (χ0) is 15.6. The number of fused-ring (bicyclic) bond motifs is 1. The van der Waals surface area contributed by atoms with Gasteiger partial charge in [0.2, 0.25) is 0 Å². The van der Waals surface area contributed by atoms with Crippen molar-refractivity contribution in [1.82, 2.24) is 4.98 Å². The molecule has 0 saturated heterocycles. The van der Waals surface area contributed by atoms with Crippen LogP contribution in [0.2, 0.25) is 0 Å². The minimum absolute atomic E-state index is 0.160. The molecule has 0 saturated carbocycles. The van der Waals surface area contributed by atoms with Gasteiger partial charge in [0.25, 0.3) is 0 Å². The van der Waals surface area contributed by atoms with E-state index in [-0.39, 0.29) is 11.4 Å². The van der Waals surface area contributed by atoms with Gasteiger partial charge in [-0.05, 0) is 44.2 Å². The number of hydrogen-bond acceptors (Lipinski definition) is 3. The number of hydrogen-bond donors (Lipinski definition) is 0. The van der Waals surface area contributed by atoms with Gasteiger partial charge in [-0.2, -0.15) is 0 Å². The summed E-state index contributed by atoms with van der Waals surface area (Å²) < 4.78 is 5.23. The van der Waals surface area contributed by atoms with E-state index in [9.17, 15) is 4.79 Å². The highest BCUT2D eigenvalue weighted by Gasteiger charge is 2.29. The molecule has 21 heavy (non-hydrogen) atoms. The van der Waals surface area contributed by atoms with E-state index >= 15 is 0 Å². The Kier molecular flexibility index (Phi) is 4.70. The Morgan fingerprint density at radius 2 is 2.10 bits per heavy atom. The van der Waals surface area contributed by atoms with Gasteiger partial charge in [-0.1, -0.05) is 27.7 Å². The first-order valence-electron chi connectivity index (χ1n) is 8.09. The SMILES string of the molecule is CCOC(=O)c1cc2c(nc1C(C)(C)C)C(CC)CCC2. The Morgan fingerprint density at radius 1 is 1.38 bits per heavy atom. The molecule has 1 unspecified atom stereocenters. The molecule has 116 valence electrons. The second-order valence-electron chi connectivity index (χ2n) is 6.90. The molecule has 1 aliphatic carbocycles. The molecule has 0 amide bonds. The fourth-order valence-corrected chi connectivity index (χ4v) is 3.13. The van der Waals surface area contributed by atoms with Gasteiger partial charge in [-0.25, -0.2) is 4.79 Å². The molecule has 3 nitrogen and oxygen atoms in total. The third-order valence-corrected chi connectivity index (χ3v) is 4.22. The van der Waals surface area contributed by atoms with Crippen LogP contribution in [0.25, 0.3) is 0 Å². The molecule has 0 aliphatic heterocycles. The van der Waals surface area contributed by atoms with Gasteiger partial charge < -0.3 is 4.74 Å². The highest BCUT2D eigenvalue weighted by atomic mass is 16.5. The summed E-state index contributed by atoms with van der Waals surface area (Å²) in [4.78, 5) is 17.2. The molecule has 1 aromatic rings. The van der Waals surface area contributed by atoms with Crippen LogP contribution in [0.15, 0.2) is 6.07 Å². The predicted octanol–water partition coefficient (Wildman–Crippen LogP) is 4.39. The van der Waals surface area contributed by atoms with Gasteiger partial charge in [0, 0.05) is 17.0 Å². The summed E-state index contributed by atoms with van der Waals surface area (Å²) in [6, 6.07) is 2.04. The fourth-order valence-electron chi connectivity index (χ4n) is 3.13. The van der Waals surface area contributed by atoms with Gasteiger partial charge in [0.1, 0.15) is 0 Å². The largest absolute Gasteiger partial charge is 0.462 e. The molecule has 0 fully saturated rings. The van der Waals surface area contributed by atoms with E-state index in [0.717, 1.165) is 18.5 Å². The van der Waals surface area contributed by atoms with Crippen molar-refractivity contribution < 1.29 is 9.53 Å². The molecule has 1 atom stereocenters. The number of pyridine rings is 1. The highest BCUT2D eigenvalue weighted by Crippen LogP contribution is 2.36. The van der Waals surface area contributed by atoms with E-state index in [2.05, 4.69) is 27.7 Å². The van der Waals surface area contributed by atoms with E-state index in [1.54, 1.807) is 0 Å². The van der Waals surface area contributed by atoms with E-state index in [0.29, 0.717) is 18.1 Å². The lowest BCUT2D eigenvalue weighted by Gasteiger charge is -2.28. The van der Waals surface area contributed by atoms with Crippen LogP contribution in [0, 0.1) is 0 Å². The molecule has 0 bridgehead atoms. The van der Waals surface area contributed by atoms with Crippen molar-refractivity contribution in [3.63, 3.8) is 0 Å². The summed E-state index contributed by atoms with van der Waals surface area (Å²) in [5, 5.41) is 0. The number of carbonyl (C=O) groups excluding carboxylic acids is 1. The molecule has 3 heteroatoms. The van der Waals surface area contributed by atoms with Gasteiger partial charge in [-0.3, -0.25) is 4.98 Å². The summed E-state index contributed by atoms with van der Waals surface area (Å²) in [5.41, 5.74) is 3.82. The van der Waals surface area contributed by atoms with E-state index in [4.69, 9.17) is 9.72 Å². The predicted molar refractivity (Wildman–Crippen MR) is 84.9 cm³/mol. The number of esters is 1. The van der Waals surface area contributed by atoms with E-state index < -0.39 is 0 Å². The third-order valence-electron chi connectivity index (χ3n) is 4.22. The number of aryl methyl sites for hydroxylation is 1. The maximum atomic E-state index is 12.3. The summed E-state index contributed by atoms with van der Waals surface area (Å²) in [5.74, 6) is 0.294.